The fourth-order valence-corrected chi connectivity index (χ4v) is 3.67. The Morgan fingerprint density at radius 2 is 2.33 bits per heavy atom. The van der Waals surface area contributed by atoms with Crippen LogP contribution < -0.4 is 5.32 Å². The number of nitrogens with zero attached hydrogens (tertiary/aromatic N) is 1. The van der Waals surface area contributed by atoms with Gasteiger partial charge in [-0.05, 0) is 54.5 Å². The lowest BCUT2D eigenvalue weighted by molar-refractivity contribution is 0.0370. The summed E-state index contributed by atoms with van der Waals surface area (Å²) in [5.41, 5.74) is 1.81. The highest BCUT2D eigenvalue weighted by Crippen LogP contribution is 2.36. The normalized spacial score (nSPS) is 33.8. The number of hydrogen-bond acceptors (Lipinski definition) is 3. The first-order valence-electron chi connectivity index (χ1n) is 7.21. The molecule has 100 valence electrons. The zero-order valence-electron chi connectivity index (χ0n) is 11.5. The van der Waals surface area contributed by atoms with Crippen molar-refractivity contribution >= 4 is 11.3 Å². The van der Waals surface area contributed by atoms with E-state index in [1.165, 1.54) is 31.4 Å². The molecule has 2 unspecified atom stereocenters. The van der Waals surface area contributed by atoms with Gasteiger partial charge >= 0.3 is 0 Å². The molecule has 2 nitrogen and oxygen atoms in total. The summed E-state index contributed by atoms with van der Waals surface area (Å²) in [5.74, 6) is 0.955. The Kier molecular flexibility index (Phi) is 3.48. The third kappa shape index (κ3) is 2.49. The predicted molar refractivity (Wildman–Crippen MR) is 77.9 cm³/mol. The van der Waals surface area contributed by atoms with Crippen molar-refractivity contribution in [2.75, 3.05) is 13.1 Å². The van der Waals surface area contributed by atoms with E-state index in [2.05, 4.69) is 40.9 Å². The van der Waals surface area contributed by atoms with E-state index in [9.17, 15) is 0 Å². The molecule has 18 heavy (non-hydrogen) atoms. The zero-order chi connectivity index (χ0) is 12.6. The molecule has 0 radical (unpaired) electrons. The summed E-state index contributed by atoms with van der Waals surface area (Å²) in [6, 6.07) is 3.01. The first-order valence-corrected chi connectivity index (χ1v) is 8.15. The monoisotopic (exact) mass is 264 g/mol. The molecular formula is C15H24N2S. The Bertz CT molecular complexity index is 385. The van der Waals surface area contributed by atoms with E-state index in [1.54, 1.807) is 0 Å². The third-order valence-corrected chi connectivity index (χ3v) is 5.56. The Hall–Kier alpha value is -0.380. The second-order valence-electron chi connectivity index (χ2n) is 6.19. The summed E-state index contributed by atoms with van der Waals surface area (Å²) in [6.45, 7) is 8.23. The Labute approximate surface area is 114 Å². The minimum atomic E-state index is 0.327. The standard InChI is InChI=1S/C15H24N2S/c1-3-15(2)11-16-14(13-4-5-13)9-17(15)8-12-6-7-18-10-12/h6-7,10,13-14,16H,3-5,8-9,11H2,1-2H3. The second kappa shape index (κ2) is 4.95. The first-order chi connectivity index (χ1) is 8.71. The highest BCUT2D eigenvalue weighted by atomic mass is 32.1. The van der Waals surface area contributed by atoms with Gasteiger partial charge in [-0.2, -0.15) is 11.3 Å². The van der Waals surface area contributed by atoms with Gasteiger partial charge in [0.15, 0.2) is 0 Å². The molecule has 3 heteroatoms. The van der Waals surface area contributed by atoms with Crippen LogP contribution in [0.2, 0.25) is 0 Å². The molecule has 1 N–H and O–H groups in total. The van der Waals surface area contributed by atoms with E-state index in [4.69, 9.17) is 0 Å². The van der Waals surface area contributed by atoms with Crippen molar-refractivity contribution in [1.29, 1.82) is 0 Å². The number of thiophene rings is 1. The van der Waals surface area contributed by atoms with Gasteiger partial charge in [0.2, 0.25) is 0 Å². The molecular weight excluding hydrogens is 240 g/mol. The molecule has 2 heterocycles. The molecule has 0 bridgehead atoms. The molecule has 0 aromatic carbocycles. The van der Waals surface area contributed by atoms with Gasteiger partial charge in [-0.25, -0.2) is 0 Å². The molecule has 2 fully saturated rings. The maximum atomic E-state index is 3.79. The molecule has 1 saturated heterocycles. The van der Waals surface area contributed by atoms with E-state index in [0.717, 1.165) is 25.0 Å². The Morgan fingerprint density at radius 1 is 1.50 bits per heavy atom. The van der Waals surface area contributed by atoms with Gasteiger partial charge in [0.1, 0.15) is 0 Å². The predicted octanol–water partition coefficient (Wildman–Crippen LogP) is 3.10. The average Bonchev–Trinajstić information content (AvgIpc) is 3.11. The molecule has 2 atom stereocenters. The van der Waals surface area contributed by atoms with E-state index < -0.39 is 0 Å². The van der Waals surface area contributed by atoms with Gasteiger partial charge in [0.05, 0.1) is 0 Å². The number of rotatable bonds is 4. The molecule has 1 saturated carbocycles. The second-order valence-corrected chi connectivity index (χ2v) is 6.97. The van der Waals surface area contributed by atoms with Crippen molar-refractivity contribution in [3.05, 3.63) is 22.4 Å². The molecule has 1 aliphatic carbocycles. The van der Waals surface area contributed by atoms with Crippen LogP contribution >= 0.6 is 11.3 Å². The van der Waals surface area contributed by atoms with Crippen LogP contribution in [0, 0.1) is 5.92 Å². The van der Waals surface area contributed by atoms with Crippen molar-refractivity contribution in [2.45, 2.75) is 51.2 Å². The summed E-state index contributed by atoms with van der Waals surface area (Å²) in [6.07, 6.45) is 4.10. The van der Waals surface area contributed by atoms with Gasteiger partial charge in [-0.1, -0.05) is 6.92 Å². The quantitative estimate of drug-likeness (QED) is 0.899. The lowest BCUT2D eigenvalue weighted by atomic mass is 9.90. The first kappa shape index (κ1) is 12.6. The van der Waals surface area contributed by atoms with Gasteiger partial charge in [0.25, 0.3) is 0 Å². The minimum Gasteiger partial charge on any atom is -0.311 e. The van der Waals surface area contributed by atoms with Crippen molar-refractivity contribution in [2.24, 2.45) is 5.92 Å². The van der Waals surface area contributed by atoms with Crippen LogP contribution in [0.1, 0.15) is 38.7 Å². The summed E-state index contributed by atoms with van der Waals surface area (Å²) < 4.78 is 0. The van der Waals surface area contributed by atoms with E-state index in [-0.39, 0.29) is 0 Å². The lowest BCUT2D eigenvalue weighted by Crippen LogP contribution is -2.63. The van der Waals surface area contributed by atoms with Crippen LogP contribution in [0.5, 0.6) is 0 Å². The SMILES string of the molecule is CCC1(C)CNC(C2CC2)CN1Cc1ccsc1. The Morgan fingerprint density at radius 3 is 2.94 bits per heavy atom. The summed E-state index contributed by atoms with van der Waals surface area (Å²) in [7, 11) is 0. The average molecular weight is 264 g/mol. The van der Waals surface area contributed by atoms with E-state index >= 15 is 0 Å². The van der Waals surface area contributed by atoms with Gasteiger partial charge in [-0.3, -0.25) is 4.90 Å². The van der Waals surface area contributed by atoms with E-state index in [0.29, 0.717) is 5.54 Å². The molecule has 1 aromatic rings. The van der Waals surface area contributed by atoms with E-state index in [1.807, 2.05) is 11.3 Å². The van der Waals surface area contributed by atoms with Gasteiger partial charge < -0.3 is 5.32 Å². The fourth-order valence-electron chi connectivity index (χ4n) is 3.01. The van der Waals surface area contributed by atoms with Crippen LogP contribution in [-0.2, 0) is 6.54 Å². The summed E-state index contributed by atoms with van der Waals surface area (Å²) in [4.78, 5) is 2.72. The topological polar surface area (TPSA) is 15.3 Å². The van der Waals surface area contributed by atoms with Crippen molar-refractivity contribution in [3.8, 4) is 0 Å². The van der Waals surface area contributed by atoms with Crippen LogP contribution in [-0.4, -0.2) is 29.6 Å². The van der Waals surface area contributed by atoms with Gasteiger partial charge in [-0.15, -0.1) is 0 Å². The van der Waals surface area contributed by atoms with Crippen LogP contribution in [0.15, 0.2) is 16.8 Å². The highest BCUT2D eigenvalue weighted by Gasteiger charge is 2.41. The number of hydrogen-bond donors (Lipinski definition) is 1. The molecule has 2 aliphatic rings. The zero-order valence-corrected chi connectivity index (χ0v) is 12.3. The summed E-state index contributed by atoms with van der Waals surface area (Å²) in [5, 5.41) is 8.28. The molecule has 1 aromatic heterocycles. The largest absolute Gasteiger partial charge is 0.311 e. The molecule has 0 spiro atoms. The maximum absolute atomic E-state index is 3.79. The molecule has 1 aliphatic heterocycles. The Balaban J connectivity index is 1.72. The third-order valence-electron chi connectivity index (χ3n) is 4.83. The highest BCUT2D eigenvalue weighted by molar-refractivity contribution is 7.07. The fraction of sp³-hybridized carbons (Fsp3) is 0.733. The van der Waals surface area contributed by atoms with Gasteiger partial charge in [0, 0.05) is 31.2 Å². The van der Waals surface area contributed by atoms with Crippen molar-refractivity contribution < 1.29 is 0 Å². The van der Waals surface area contributed by atoms with Crippen molar-refractivity contribution in [3.63, 3.8) is 0 Å². The van der Waals surface area contributed by atoms with Crippen LogP contribution in [0.4, 0.5) is 0 Å². The lowest BCUT2D eigenvalue weighted by Gasteiger charge is -2.48. The number of nitrogens with one attached hydrogen (secondary N) is 1. The molecule has 3 rings (SSSR count). The summed E-state index contributed by atoms with van der Waals surface area (Å²) >= 11 is 1.81. The minimum absolute atomic E-state index is 0.327. The van der Waals surface area contributed by atoms with Crippen LogP contribution in [0.3, 0.4) is 0 Å². The van der Waals surface area contributed by atoms with Crippen molar-refractivity contribution in [1.82, 2.24) is 10.2 Å². The number of piperazine rings is 1. The maximum Gasteiger partial charge on any atom is 0.0307 e. The molecule has 0 amide bonds. The van der Waals surface area contributed by atoms with Crippen LogP contribution in [0.25, 0.3) is 0 Å². The smallest absolute Gasteiger partial charge is 0.0307 e.